The van der Waals surface area contributed by atoms with E-state index >= 15 is 0 Å². The lowest BCUT2D eigenvalue weighted by atomic mass is 9.94. The molecule has 0 atom stereocenters. The molecule has 112 valence electrons. The molecule has 0 aromatic carbocycles. The van der Waals surface area contributed by atoms with Gasteiger partial charge in [-0.1, -0.05) is 0 Å². The number of rotatable bonds is 5. The minimum Gasteiger partial charge on any atom is -0.362 e. The molecule has 5 heteroatoms. The van der Waals surface area contributed by atoms with Crippen molar-refractivity contribution in [2.45, 2.75) is 26.2 Å². The number of nitrogens with one attached hydrogen (secondary N) is 1. The van der Waals surface area contributed by atoms with Crippen LogP contribution in [0.1, 0.15) is 24.8 Å². The van der Waals surface area contributed by atoms with Gasteiger partial charge in [0.1, 0.15) is 5.82 Å². The molecule has 1 aliphatic heterocycles. The minimum absolute atomic E-state index is 0.743. The maximum Gasteiger partial charge on any atom is 0.224 e. The molecule has 1 fully saturated rings. The third-order valence-corrected chi connectivity index (χ3v) is 4.04. The van der Waals surface area contributed by atoms with Crippen LogP contribution >= 0.6 is 0 Å². The van der Waals surface area contributed by atoms with Crippen LogP contribution in [0.15, 0.2) is 6.20 Å². The van der Waals surface area contributed by atoms with E-state index in [9.17, 15) is 0 Å². The Morgan fingerprint density at radius 2 is 2.05 bits per heavy atom. The molecule has 0 spiro atoms. The predicted octanol–water partition coefficient (Wildman–Crippen LogP) is 1.99. The van der Waals surface area contributed by atoms with E-state index in [-0.39, 0.29) is 0 Å². The fraction of sp³-hybridized carbons (Fsp3) is 0.733. The van der Waals surface area contributed by atoms with Crippen LogP contribution in [0.4, 0.5) is 11.8 Å². The third-order valence-electron chi connectivity index (χ3n) is 4.04. The summed E-state index contributed by atoms with van der Waals surface area (Å²) in [5, 5.41) is 3.36. The van der Waals surface area contributed by atoms with Crippen LogP contribution in [0.5, 0.6) is 0 Å². The second-order valence-electron chi connectivity index (χ2n) is 6.06. The zero-order valence-electron chi connectivity index (χ0n) is 13.2. The lowest BCUT2D eigenvalue weighted by Gasteiger charge is -2.28. The summed E-state index contributed by atoms with van der Waals surface area (Å²) in [6.07, 6.45) is 5.73. The molecule has 5 nitrogen and oxygen atoms in total. The van der Waals surface area contributed by atoms with Crippen molar-refractivity contribution >= 4 is 11.8 Å². The quantitative estimate of drug-likeness (QED) is 0.892. The molecule has 0 radical (unpaired) electrons. The minimum atomic E-state index is 0.743. The van der Waals surface area contributed by atoms with Crippen LogP contribution in [0, 0.1) is 12.8 Å². The zero-order chi connectivity index (χ0) is 14.5. The van der Waals surface area contributed by atoms with Gasteiger partial charge in [-0.25, -0.2) is 4.98 Å². The molecule has 20 heavy (non-hydrogen) atoms. The van der Waals surface area contributed by atoms with Crippen molar-refractivity contribution in [3.05, 3.63) is 11.8 Å². The number of hydrogen-bond acceptors (Lipinski definition) is 5. The average Bonchev–Trinajstić information content (AvgIpc) is 2.42. The molecule has 0 bridgehead atoms. The monoisotopic (exact) mass is 277 g/mol. The van der Waals surface area contributed by atoms with E-state index in [1.807, 2.05) is 32.1 Å². The molecular formula is C15H27N5. The van der Waals surface area contributed by atoms with E-state index in [4.69, 9.17) is 0 Å². The number of hydrogen-bond donors (Lipinski definition) is 1. The SMILES string of the molecule is Cc1cnc(NCCC2CCN(C)CC2)nc1N(C)C. The van der Waals surface area contributed by atoms with Gasteiger partial charge < -0.3 is 15.1 Å². The molecule has 2 rings (SSSR count). The highest BCUT2D eigenvalue weighted by atomic mass is 15.2. The Labute approximate surface area is 122 Å². The third kappa shape index (κ3) is 4.07. The van der Waals surface area contributed by atoms with Gasteiger partial charge in [-0.3, -0.25) is 0 Å². The Hall–Kier alpha value is -1.36. The van der Waals surface area contributed by atoms with Crippen molar-refractivity contribution in [3.63, 3.8) is 0 Å². The summed E-state index contributed by atoms with van der Waals surface area (Å²) in [7, 11) is 6.23. The van der Waals surface area contributed by atoms with Crippen molar-refractivity contribution in [1.29, 1.82) is 0 Å². The van der Waals surface area contributed by atoms with Gasteiger partial charge in [0.15, 0.2) is 0 Å². The predicted molar refractivity (Wildman–Crippen MR) is 84.4 cm³/mol. The molecule has 0 amide bonds. The molecule has 1 aromatic heterocycles. The van der Waals surface area contributed by atoms with Gasteiger partial charge in [-0.05, 0) is 52.2 Å². The summed E-state index contributed by atoms with van der Waals surface area (Å²) in [6, 6.07) is 0. The number of piperidine rings is 1. The second kappa shape index (κ2) is 6.88. The van der Waals surface area contributed by atoms with Crippen molar-refractivity contribution in [3.8, 4) is 0 Å². The van der Waals surface area contributed by atoms with Gasteiger partial charge in [0.2, 0.25) is 5.95 Å². The normalized spacial score (nSPS) is 17.2. The lowest BCUT2D eigenvalue weighted by molar-refractivity contribution is 0.215. The van der Waals surface area contributed by atoms with E-state index < -0.39 is 0 Å². The summed E-state index contributed by atoms with van der Waals surface area (Å²) in [4.78, 5) is 13.4. The number of anilines is 2. The summed E-state index contributed by atoms with van der Waals surface area (Å²) in [6.45, 7) is 5.47. The van der Waals surface area contributed by atoms with Crippen molar-refractivity contribution < 1.29 is 0 Å². The van der Waals surface area contributed by atoms with Crippen molar-refractivity contribution in [2.75, 3.05) is 51.0 Å². The standard InChI is InChI=1S/C15H27N5/c1-12-11-17-15(18-14(12)19(2)3)16-8-5-13-6-9-20(4)10-7-13/h11,13H,5-10H2,1-4H3,(H,16,17,18). The van der Waals surface area contributed by atoms with E-state index in [0.29, 0.717) is 0 Å². The Morgan fingerprint density at radius 1 is 1.35 bits per heavy atom. The summed E-state index contributed by atoms with van der Waals surface area (Å²) in [5.74, 6) is 2.58. The van der Waals surface area contributed by atoms with Gasteiger partial charge in [0.25, 0.3) is 0 Å². The van der Waals surface area contributed by atoms with E-state index in [2.05, 4.69) is 27.2 Å². The van der Waals surface area contributed by atoms with E-state index in [1.165, 1.54) is 32.4 Å². The largest absolute Gasteiger partial charge is 0.362 e. The first-order valence-electron chi connectivity index (χ1n) is 7.49. The molecule has 1 N–H and O–H groups in total. The first kappa shape index (κ1) is 15.0. The molecule has 1 aliphatic rings. The molecule has 0 aliphatic carbocycles. The smallest absolute Gasteiger partial charge is 0.224 e. The fourth-order valence-electron chi connectivity index (χ4n) is 2.71. The number of aromatic nitrogens is 2. The van der Waals surface area contributed by atoms with Gasteiger partial charge in [0, 0.05) is 32.4 Å². The molecule has 1 aromatic rings. The highest BCUT2D eigenvalue weighted by Crippen LogP contribution is 2.20. The second-order valence-corrected chi connectivity index (χ2v) is 6.06. The van der Waals surface area contributed by atoms with Crippen LogP contribution in [-0.4, -0.2) is 55.6 Å². The number of aryl methyl sites for hydroxylation is 1. The fourth-order valence-corrected chi connectivity index (χ4v) is 2.71. The summed E-state index contributed by atoms with van der Waals surface area (Å²) >= 11 is 0. The van der Waals surface area contributed by atoms with Crippen molar-refractivity contribution in [1.82, 2.24) is 14.9 Å². The van der Waals surface area contributed by atoms with Gasteiger partial charge >= 0.3 is 0 Å². The van der Waals surface area contributed by atoms with Crippen LogP contribution in [0.25, 0.3) is 0 Å². The topological polar surface area (TPSA) is 44.3 Å². The number of nitrogens with zero attached hydrogens (tertiary/aromatic N) is 4. The Morgan fingerprint density at radius 3 is 2.70 bits per heavy atom. The van der Waals surface area contributed by atoms with E-state index in [0.717, 1.165) is 29.8 Å². The summed E-state index contributed by atoms with van der Waals surface area (Å²) < 4.78 is 0. The van der Waals surface area contributed by atoms with E-state index in [1.54, 1.807) is 0 Å². The van der Waals surface area contributed by atoms with Crippen LogP contribution in [-0.2, 0) is 0 Å². The van der Waals surface area contributed by atoms with Gasteiger partial charge in [0.05, 0.1) is 0 Å². The zero-order valence-corrected chi connectivity index (χ0v) is 13.2. The number of likely N-dealkylation sites (tertiary alicyclic amines) is 1. The highest BCUT2D eigenvalue weighted by Gasteiger charge is 2.16. The Balaban J connectivity index is 1.81. The van der Waals surface area contributed by atoms with Crippen LogP contribution in [0.2, 0.25) is 0 Å². The first-order valence-corrected chi connectivity index (χ1v) is 7.49. The average molecular weight is 277 g/mol. The van der Waals surface area contributed by atoms with Gasteiger partial charge in [-0.2, -0.15) is 4.98 Å². The summed E-state index contributed by atoms with van der Waals surface area (Å²) in [5.41, 5.74) is 1.11. The Kier molecular flexibility index (Phi) is 5.17. The van der Waals surface area contributed by atoms with Crippen LogP contribution < -0.4 is 10.2 Å². The molecular weight excluding hydrogens is 250 g/mol. The van der Waals surface area contributed by atoms with Crippen molar-refractivity contribution in [2.24, 2.45) is 5.92 Å². The first-order chi connectivity index (χ1) is 9.56. The molecule has 1 saturated heterocycles. The maximum absolute atomic E-state index is 4.56. The molecule has 0 unspecified atom stereocenters. The van der Waals surface area contributed by atoms with Crippen LogP contribution in [0.3, 0.4) is 0 Å². The lowest BCUT2D eigenvalue weighted by Crippen LogP contribution is -2.31. The maximum atomic E-state index is 4.56. The molecule has 0 saturated carbocycles. The molecule has 2 heterocycles. The highest BCUT2D eigenvalue weighted by molar-refractivity contribution is 5.47. The Bertz CT molecular complexity index is 424. The van der Waals surface area contributed by atoms with Gasteiger partial charge in [-0.15, -0.1) is 0 Å².